The van der Waals surface area contributed by atoms with E-state index in [0.29, 0.717) is 11.3 Å². The minimum atomic E-state index is -4.57. The van der Waals surface area contributed by atoms with Crippen LogP contribution in [0.3, 0.4) is 0 Å². The van der Waals surface area contributed by atoms with Crippen LogP contribution in [0.1, 0.15) is 38.8 Å². The molecule has 0 bridgehead atoms. The topological polar surface area (TPSA) is 88.8 Å². The summed E-state index contributed by atoms with van der Waals surface area (Å²) in [6.45, 7) is 1.87. The molecule has 184 valence electrons. The zero-order valence-corrected chi connectivity index (χ0v) is 18.9. The Labute approximate surface area is 203 Å². The third-order valence-corrected chi connectivity index (χ3v) is 5.51. The van der Waals surface area contributed by atoms with Crippen LogP contribution in [0.2, 0.25) is 0 Å². The molecule has 0 atom stereocenters. The first kappa shape index (κ1) is 24.6. The number of nitrogens with zero attached hydrogens (tertiary/aromatic N) is 1. The first-order chi connectivity index (χ1) is 17.1. The van der Waals surface area contributed by atoms with Crippen molar-refractivity contribution < 1.29 is 37.7 Å². The molecule has 0 aliphatic carbocycles. The molecule has 1 aromatic heterocycles. The number of rotatable bonds is 6. The summed E-state index contributed by atoms with van der Waals surface area (Å²) in [5.74, 6) is -2.69. The molecule has 1 heterocycles. The van der Waals surface area contributed by atoms with Crippen LogP contribution in [-0.4, -0.2) is 33.1 Å². The summed E-state index contributed by atoms with van der Waals surface area (Å²) < 4.78 is 45.1. The molecule has 0 saturated carbocycles. The molecule has 3 aromatic carbocycles. The van der Waals surface area contributed by atoms with Crippen LogP contribution in [0.5, 0.6) is 11.6 Å². The molecule has 0 amide bonds. The van der Waals surface area contributed by atoms with Gasteiger partial charge in [-0.15, -0.1) is 0 Å². The van der Waals surface area contributed by atoms with Gasteiger partial charge in [0.05, 0.1) is 29.0 Å². The normalized spacial score (nSPS) is 11.3. The van der Waals surface area contributed by atoms with Crippen LogP contribution >= 0.6 is 0 Å². The van der Waals surface area contributed by atoms with Crippen LogP contribution < -0.4 is 0 Å². The van der Waals surface area contributed by atoms with E-state index in [4.69, 9.17) is 4.74 Å². The molecule has 4 aromatic rings. The van der Waals surface area contributed by atoms with Gasteiger partial charge in [-0.3, -0.25) is 9.36 Å². The van der Waals surface area contributed by atoms with Crippen molar-refractivity contribution >= 4 is 11.8 Å². The Bertz CT molecular complexity index is 1410. The van der Waals surface area contributed by atoms with Crippen LogP contribution in [0.4, 0.5) is 13.2 Å². The largest absolute Gasteiger partial charge is 0.503 e. The number of hydrogen-bond donors (Lipinski definition) is 2. The highest BCUT2D eigenvalue weighted by atomic mass is 19.4. The Kier molecular flexibility index (Phi) is 6.57. The number of esters is 1. The first-order valence-corrected chi connectivity index (χ1v) is 10.8. The summed E-state index contributed by atoms with van der Waals surface area (Å²) in [6.07, 6.45) is -4.57. The van der Waals surface area contributed by atoms with E-state index in [9.17, 15) is 33.0 Å². The van der Waals surface area contributed by atoms with Gasteiger partial charge in [-0.05, 0) is 48.9 Å². The fourth-order valence-electron chi connectivity index (χ4n) is 3.80. The van der Waals surface area contributed by atoms with E-state index in [1.165, 1.54) is 28.8 Å². The van der Waals surface area contributed by atoms with Crippen molar-refractivity contribution in [2.45, 2.75) is 13.1 Å². The monoisotopic (exact) mass is 495 g/mol. The molecule has 4 rings (SSSR count). The molecule has 0 spiro atoms. The van der Waals surface area contributed by atoms with Gasteiger partial charge in [0.2, 0.25) is 5.88 Å². The number of benzene rings is 3. The summed E-state index contributed by atoms with van der Waals surface area (Å²) in [7, 11) is 0. The lowest BCUT2D eigenvalue weighted by Crippen LogP contribution is -2.08. The Balaban J connectivity index is 1.88. The summed E-state index contributed by atoms with van der Waals surface area (Å²) in [5, 5.41) is 21.6. The highest BCUT2D eigenvalue weighted by molar-refractivity contribution is 6.15. The molecule has 0 saturated heterocycles. The number of aromatic hydroxyl groups is 2. The van der Waals surface area contributed by atoms with E-state index in [1.54, 1.807) is 37.3 Å². The van der Waals surface area contributed by atoms with Gasteiger partial charge < -0.3 is 14.9 Å². The van der Waals surface area contributed by atoms with E-state index in [1.807, 2.05) is 0 Å². The Hall–Kier alpha value is -4.53. The maximum absolute atomic E-state index is 13.4. The lowest BCUT2D eigenvalue weighted by Gasteiger charge is -2.13. The number of carbonyl (C=O) groups is 2. The van der Waals surface area contributed by atoms with Gasteiger partial charge in [-0.1, -0.05) is 42.5 Å². The molecule has 36 heavy (non-hydrogen) atoms. The second-order valence-electron chi connectivity index (χ2n) is 7.77. The average molecular weight is 495 g/mol. The van der Waals surface area contributed by atoms with Crippen LogP contribution in [0.25, 0.3) is 16.9 Å². The van der Waals surface area contributed by atoms with Crippen molar-refractivity contribution in [3.05, 3.63) is 101 Å². The van der Waals surface area contributed by atoms with Gasteiger partial charge >= 0.3 is 12.1 Å². The van der Waals surface area contributed by atoms with Gasteiger partial charge in [0, 0.05) is 11.3 Å². The zero-order valence-electron chi connectivity index (χ0n) is 18.9. The molecule has 0 aliphatic rings. The van der Waals surface area contributed by atoms with Crippen LogP contribution in [0.15, 0.2) is 78.9 Å². The molecule has 0 radical (unpaired) electrons. The van der Waals surface area contributed by atoms with E-state index in [2.05, 4.69) is 0 Å². The number of ether oxygens (including phenoxy) is 1. The molecule has 0 aliphatic heterocycles. The summed E-state index contributed by atoms with van der Waals surface area (Å²) in [4.78, 5) is 25.4. The quantitative estimate of drug-likeness (QED) is 0.254. The number of hydrogen-bond acceptors (Lipinski definition) is 5. The van der Waals surface area contributed by atoms with Gasteiger partial charge in [0.25, 0.3) is 0 Å². The highest BCUT2D eigenvalue weighted by Gasteiger charge is 2.32. The molecule has 6 nitrogen and oxygen atoms in total. The van der Waals surface area contributed by atoms with Gasteiger partial charge in [-0.25, -0.2) is 4.79 Å². The minimum absolute atomic E-state index is 0.106. The standard InChI is InChI=1S/C27H20F3NO5/c1-2-36-26(35)18-10-14-20(15-11-18)31-22(16-6-4-3-5-7-16)21(24(33)25(31)34)23(32)17-8-12-19(13-9-17)27(28,29)30/h3-15,33-34H,2H2,1H3. The molecule has 0 unspecified atom stereocenters. The maximum Gasteiger partial charge on any atom is 0.416 e. The fourth-order valence-corrected chi connectivity index (χ4v) is 3.80. The Morgan fingerprint density at radius 2 is 1.44 bits per heavy atom. The Morgan fingerprint density at radius 3 is 2.00 bits per heavy atom. The van der Waals surface area contributed by atoms with E-state index in [-0.39, 0.29) is 29.0 Å². The molecular formula is C27H20F3NO5. The molecule has 0 fully saturated rings. The van der Waals surface area contributed by atoms with Crippen molar-refractivity contribution in [3.63, 3.8) is 0 Å². The van der Waals surface area contributed by atoms with Crippen molar-refractivity contribution in [1.29, 1.82) is 0 Å². The fraction of sp³-hybridized carbons (Fsp3) is 0.111. The van der Waals surface area contributed by atoms with Crippen molar-refractivity contribution in [2.75, 3.05) is 6.61 Å². The lowest BCUT2D eigenvalue weighted by molar-refractivity contribution is -0.137. The van der Waals surface area contributed by atoms with Gasteiger partial charge in [0.1, 0.15) is 0 Å². The van der Waals surface area contributed by atoms with Gasteiger partial charge in [0.15, 0.2) is 11.5 Å². The third kappa shape index (κ3) is 4.55. The lowest BCUT2D eigenvalue weighted by atomic mass is 9.98. The zero-order chi connectivity index (χ0) is 26.0. The minimum Gasteiger partial charge on any atom is -0.503 e. The molecular weight excluding hydrogens is 475 g/mol. The van der Waals surface area contributed by atoms with E-state index in [0.717, 1.165) is 24.3 Å². The SMILES string of the molecule is CCOC(=O)c1ccc(-n2c(O)c(O)c(C(=O)c3ccc(C(F)(F)F)cc3)c2-c2ccccc2)cc1. The Morgan fingerprint density at radius 1 is 0.861 bits per heavy atom. The van der Waals surface area contributed by atoms with Crippen molar-refractivity contribution in [2.24, 2.45) is 0 Å². The molecule has 9 heteroatoms. The highest BCUT2D eigenvalue weighted by Crippen LogP contribution is 2.44. The van der Waals surface area contributed by atoms with E-state index < -0.39 is 35.1 Å². The number of alkyl halides is 3. The number of aromatic nitrogens is 1. The summed E-state index contributed by atoms with van der Waals surface area (Å²) in [5.41, 5.74) is -0.149. The van der Waals surface area contributed by atoms with Crippen molar-refractivity contribution in [1.82, 2.24) is 4.57 Å². The maximum atomic E-state index is 13.4. The number of ketones is 1. The van der Waals surface area contributed by atoms with Crippen molar-refractivity contribution in [3.8, 4) is 28.6 Å². The molecule has 2 N–H and O–H groups in total. The van der Waals surface area contributed by atoms with Crippen LogP contribution in [-0.2, 0) is 10.9 Å². The summed E-state index contributed by atoms with van der Waals surface area (Å²) in [6, 6.07) is 18.0. The number of carbonyl (C=O) groups excluding carboxylic acids is 2. The second kappa shape index (κ2) is 9.61. The third-order valence-electron chi connectivity index (χ3n) is 5.51. The smallest absolute Gasteiger partial charge is 0.416 e. The predicted molar refractivity (Wildman–Crippen MR) is 125 cm³/mol. The summed E-state index contributed by atoms with van der Waals surface area (Å²) >= 11 is 0. The number of halogens is 3. The first-order valence-electron chi connectivity index (χ1n) is 10.8. The van der Waals surface area contributed by atoms with E-state index >= 15 is 0 Å². The second-order valence-corrected chi connectivity index (χ2v) is 7.77. The van der Waals surface area contributed by atoms with Crippen LogP contribution in [0, 0.1) is 0 Å². The average Bonchev–Trinajstić information content (AvgIpc) is 3.14. The van der Waals surface area contributed by atoms with Gasteiger partial charge in [-0.2, -0.15) is 13.2 Å². The predicted octanol–water partition coefficient (Wildman–Crippen LogP) is 5.98.